The quantitative estimate of drug-likeness (QED) is 0.899. The van der Waals surface area contributed by atoms with Crippen LogP contribution in [0.3, 0.4) is 0 Å². The third-order valence-corrected chi connectivity index (χ3v) is 2.99. The van der Waals surface area contributed by atoms with Gasteiger partial charge in [0.2, 0.25) is 0 Å². The van der Waals surface area contributed by atoms with Crippen LogP contribution in [-0.4, -0.2) is 17.4 Å². The van der Waals surface area contributed by atoms with Gasteiger partial charge in [-0.05, 0) is 44.0 Å². The van der Waals surface area contributed by atoms with E-state index in [1.807, 2.05) is 26.0 Å². The molecular weight excluding hydrogens is 224 g/mol. The summed E-state index contributed by atoms with van der Waals surface area (Å²) in [4.78, 5) is 16.5. The highest BCUT2D eigenvalue weighted by Gasteiger charge is 2.11. The van der Waals surface area contributed by atoms with Crippen molar-refractivity contribution in [1.29, 1.82) is 0 Å². The predicted molar refractivity (Wildman–Crippen MR) is 73.9 cm³/mol. The summed E-state index contributed by atoms with van der Waals surface area (Å²) in [7, 11) is 0. The third kappa shape index (κ3) is 2.35. The number of aromatic nitrogens is 1. The molecule has 0 radical (unpaired) electrons. The van der Waals surface area contributed by atoms with Gasteiger partial charge in [0.15, 0.2) is 0 Å². The summed E-state index contributed by atoms with van der Waals surface area (Å²) >= 11 is 0. The lowest BCUT2D eigenvalue weighted by molar-refractivity contribution is 0.0957. The van der Waals surface area contributed by atoms with Gasteiger partial charge in [-0.1, -0.05) is 13.0 Å². The summed E-state index contributed by atoms with van der Waals surface area (Å²) in [6.07, 6.45) is 0.957. The molecule has 0 bridgehead atoms. The van der Waals surface area contributed by atoms with Crippen LogP contribution in [0.2, 0.25) is 0 Å². The number of aryl methyl sites for hydroxylation is 2. The van der Waals surface area contributed by atoms with Gasteiger partial charge in [0.1, 0.15) is 0 Å². The lowest BCUT2D eigenvalue weighted by Crippen LogP contribution is -2.23. The maximum Gasteiger partial charge on any atom is 0.252 e. The lowest BCUT2D eigenvalue weighted by atomic mass is 10.0. The molecule has 0 saturated carbocycles. The van der Waals surface area contributed by atoms with E-state index in [0.717, 1.165) is 28.6 Å². The van der Waals surface area contributed by atoms with E-state index in [-0.39, 0.29) is 5.91 Å². The molecule has 18 heavy (non-hydrogen) atoms. The number of amides is 1. The van der Waals surface area contributed by atoms with Gasteiger partial charge in [-0.15, -0.1) is 0 Å². The van der Waals surface area contributed by atoms with Crippen molar-refractivity contribution in [3.05, 3.63) is 41.1 Å². The third-order valence-electron chi connectivity index (χ3n) is 2.99. The fourth-order valence-corrected chi connectivity index (χ4v) is 2.07. The maximum atomic E-state index is 12.1. The van der Waals surface area contributed by atoms with Gasteiger partial charge in [0.05, 0.1) is 11.1 Å². The van der Waals surface area contributed by atoms with E-state index in [4.69, 9.17) is 0 Å². The number of nitrogens with zero attached hydrogens (tertiary/aromatic N) is 1. The monoisotopic (exact) mass is 242 g/mol. The molecule has 3 heteroatoms. The van der Waals surface area contributed by atoms with Crippen LogP contribution >= 0.6 is 0 Å². The summed E-state index contributed by atoms with van der Waals surface area (Å²) < 4.78 is 0. The van der Waals surface area contributed by atoms with E-state index in [1.54, 1.807) is 0 Å². The smallest absolute Gasteiger partial charge is 0.252 e. The van der Waals surface area contributed by atoms with E-state index >= 15 is 0 Å². The number of carbonyl (C=O) groups excluding carboxylic acids is 1. The highest BCUT2D eigenvalue weighted by molar-refractivity contribution is 6.06. The lowest BCUT2D eigenvalue weighted by Gasteiger charge is -2.09. The highest BCUT2D eigenvalue weighted by Crippen LogP contribution is 2.20. The number of benzene rings is 1. The van der Waals surface area contributed by atoms with Gasteiger partial charge in [0.25, 0.3) is 5.91 Å². The standard InChI is InChI=1S/C15H18N2O/c1-4-11-6-7-14-12(9-11)13(8-10(3)17-14)15(18)16-5-2/h6-9H,4-5H2,1-3H3,(H,16,18). The molecule has 1 N–H and O–H groups in total. The van der Waals surface area contributed by atoms with Crippen LogP contribution in [0.25, 0.3) is 10.9 Å². The van der Waals surface area contributed by atoms with E-state index in [2.05, 4.69) is 29.4 Å². The summed E-state index contributed by atoms with van der Waals surface area (Å²) in [6, 6.07) is 7.97. The minimum atomic E-state index is -0.0266. The zero-order valence-corrected chi connectivity index (χ0v) is 11.1. The van der Waals surface area contributed by atoms with Crippen LogP contribution in [0.1, 0.15) is 35.5 Å². The molecule has 0 spiro atoms. The van der Waals surface area contributed by atoms with Gasteiger partial charge in [-0.25, -0.2) is 0 Å². The molecule has 2 rings (SSSR count). The fourth-order valence-electron chi connectivity index (χ4n) is 2.07. The summed E-state index contributed by atoms with van der Waals surface area (Å²) in [5, 5.41) is 3.79. The van der Waals surface area contributed by atoms with Crippen LogP contribution < -0.4 is 5.32 Å². The minimum absolute atomic E-state index is 0.0266. The van der Waals surface area contributed by atoms with Crippen LogP contribution in [0.5, 0.6) is 0 Å². The Bertz CT molecular complexity index is 590. The van der Waals surface area contributed by atoms with E-state index in [0.29, 0.717) is 6.54 Å². The first-order valence-corrected chi connectivity index (χ1v) is 6.34. The van der Waals surface area contributed by atoms with Crippen LogP contribution in [0, 0.1) is 6.92 Å². The Kier molecular flexibility index (Phi) is 3.60. The topological polar surface area (TPSA) is 42.0 Å². The molecule has 1 heterocycles. The zero-order chi connectivity index (χ0) is 13.1. The SMILES string of the molecule is CCNC(=O)c1cc(C)nc2ccc(CC)cc12. The Labute approximate surface area is 107 Å². The number of rotatable bonds is 3. The van der Waals surface area contributed by atoms with E-state index < -0.39 is 0 Å². The van der Waals surface area contributed by atoms with Crippen molar-refractivity contribution >= 4 is 16.8 Å². The van der Waals surface area contributed by atoms with Gasteiger partial charge in [0, 0.05) is 17.6 Å². The summed E-state index contributed by atoms with van der Waals surface area (Å²) in [5.41, 5.74) is 3.69. The number of nitrogens with one attached hydrogen (secondary N) is 1. The Morgan fingerprint density at radius 3 is 2.72 bits per heavy atom. The second-order valence-electron chi connectivity index (χ2n) is 4.38. The number of hydrogen-bond donors (Lipinski definition) is 1. The minimum Gasteiger partial charge on any atom is -0.352 e. The summed E-state index contributed by atoms with van der Waals surface area (Å²) in [6.45, 7) is 6.57. The van der Waals surface area contributed by atoms with E-state index in [9.17, 15) is 4.79 Å². The van der Waals surface area contributed by atoms with Crippen molar-refractivity contribution in [2.45, 2.75) is 27.2 Å². The van der Waals surface area contributed by atoms with Crippen LogP contribution in [0.15, 0.2) is 24.3 Å². The number of hydrogen-bond acceptors (Lipinski definition) is 2. The highest BCUT2D eigenvalue weighted by atomic mass is 16.1. The van der Waals surface area contributed by atoms with Crippen molar-refractivity contribution in [1.82, 2.24) is 10.3 Å². The molecule has 0 aliphatic carbocycles. The molecule has 0 aliphatic rings. The first-order valence-electron chi connectivity index (χ1n) is 6.34. The van der Waals surface area contributed by atoms with Gasteiger partial charge in [-0.2, -0.15) is 0 Å². The van der Waals surface area contributed by atoms with E-state index in [1.165, 1.54) is 5.56 Å². The molecule has 0 fully saturated rings. The molecule has 2 aromatic rings. The van der Waals surface area contributed by atoms with Gasteiger partial charge < -0.3 is 5.32 Å². The molecular formula is C15H18N2O. The van der Waals surface area contributed by atoms with Gasteiger partial charge in [-0.3, -0.25) is 9.78 Å². The second-order valence-corrected chi connectivity index (χ2v) is 4.38. The Balaban J connectivity index is 2.65. The van der Waals surface area contributed by atoms with Crippen molar-refractivity contribution in [2.24, 2.45) is 0 Å². The second kappa shape index (κ2) is 5.17. The van der Waals surface area contributed by atoms with Crippen LogP contribution in [-0.2, 0) is 6.42 Å². The first-order chi connectivity index (χ1) is 8.65. The molecule has 1 aromatic carbocycles. The number of carbonyl (C=O) groups is 1. The van der Waals surface area contributed by atoms with Crippen molar-refractivity contribution in [2.75, 3.05) is 6.54 Å². The normalized spacial score (nSPS) is 10.6. The molecule has 0 unspecified atom stereocenters. The largest absolute Gasteiger partial charge is 0.352 e. The molecule has 1 aromatic heterocycles. The molecule has 1 amide bonds. The Morgan fingerprint density at radius 1 is 1.28 bits per heavy atom. The fraction of sp³-hybridized carbons (Fsp3) is 0.333. The molecule has 3 nitrogen and oxygen atoms in total. The number of fused-ring (bicyclic) bond motifs is 1. The Hall–Kier alpha value is -1.90. The van der Waals surface area contributed by atoms with Gasteiger partial charge >= 0.3 is 0 Å². The maximum absolute atomic E-state index is 12.1. The summed E-state index contributed by atoms with van der Waals surface area (Å²) in [5.74, 6) is -0.0266. The van der Waals surface area contributed by atoms with Crippen molar-refractivity contribution < 1.29 is 4.79 Å². The molecule has 0 saturated heterocycles. The average molecular weight is 242 g/mol. The molecule has 0 aliphatic heterocycles. The Morgan fingerprint density at radius 2 is 2.06 bits per heavy atom. The predicted octanol–water partition coefficient (Wildman–Crippen LogP) is 2.86. The molecule has 0 atom stereocenters. The van der Waals surface area contributed by atoms with Crippen molar-refractivity contribution in [3.63, 3.8) is 0 Å². The average Bonchev–Trinajstić information content (AvgIpc) is 2.37. The van der Waals surface area contributed by atoms with Crippen molar-refractivity contribution in [3.8, 4) is 0 Å². The zero-order valence-electron chi connectivity index (χ0n) is 11.1. The number of pyridine rings is 1. The first kappa shape index (κ1) is 12.6. The van der Waals surface area contributed by atoms with Crippen LogP contribution in [0.4, 0.5) is 0 Å². The molecule has 94 valence electrons.